The monoisotopic (exact) mass is 414 g/mol. The van der Waals surface area contributed by atoms with Crippen LogP contribution in [0.3, 0.4) is 0 Å². The number of benzene rings is 2. The molecule has 6 nitrogen and oxygen atoms in total. The number of nitrogen functional groups attached to an aromatic ring is 1. The molecule has 1 amide bonds. The number of carbonyl (C=O) groups excluding carboxylic acids is 1. The highest BCUT2D eigenvalue weighted by atomic mass is 16.5. The van der Waals surface area contributed by atoms with Gasteiger partial charge in [0.2, 0.25) is 0 Å². The Labute approximate surface area is 181 Å². The van der Waals surface area contributed by atoms with Crippen molar-refractivity contribution < 1.29 is 9.53 Å². The molecule has 3 N–H and O–H groups in total. The van der Waals surface area contributed by atoms with Gasteiger partial charge >= 0.3 is 0 Å². The van der Waals surface area contributed by atoms with Crippen molar-refractivity contribution in [2.75, 3.05) is 17.7 Å². The van der Waals surface area contributed by atoms with Crippen molar-refractivity contribution in [3.63, 3.8) is 0 Å². The van der Waals surface area contributed by atoms with E-state index in [4.69, 9.17) is 10.5 Å². The largest absolute Gasteiger partial charge is 0.480 e. The second kappa shape index (κ2) is 8.14. The van der Waals surface area contributed by atoms with Crippen LogP contribution in [0.5, 0.6) is 5.75 Å². The van der Waals surface area contributed by atoms with E-state index in [9.17, 15) is 4.79 Å². The maximum atomic E-state index is 12.4. The van der Waals surface area contributed by atoms with Gasteiger partial charge < -0.3 is 20.2 Å². The summed E-state index contributed by atoms with van der Waals surface area (Å²) in [6, 6.07) is 19.1. The van der Waals surface area contributed by atoms with Crippen molar-refractivity contribution in [1.82, 2.24) is 9.38 Å². The Kier molecular flexibility index (Phi) is 5.38. The molecular weight excluding hydrogens is 388 g/mol. The fourth-order valence-electron chi connectivity index (χ4n) is 3.33. The number of pyridine rings is 1. The molecule has 0 radical (unpaired) electrons. The van der Waals surface area contributed by atoms with Gasteiger partial charge in [-0.15, -0.1) is 0 Å². The summed E-state index contributed by atoms with van der Waals surface area (Å²) in [4.78, 5) is 17.1. The van der Waals surface area contributed by atoms with Crippen LogP contribution in [0.1, 0.15) is 26.3 Å². The zero-order valence-electron chi connectivity index (χ0n) is 17.9. The first-order valence-corrected chi connectivity index (χ1v) is 10.2. The lowest BCUT2D eigenvalue weighted by Gasteiger charge is -2.19. The summed E-state index contributed by atoms with van der Waals surface area (Å²) in [5, 5.41) is 2.87. The van der Waals surface area contributed by atoms with Gasteiger partial charge in [-0.25, -0.2) is 4.98 Å². The third-order valence-corrected chi connectivity index (χ3v) is 5.02. The van der Waals surface area contributed by atoms with Crippen LogP contribution in [-0.4, -0.2) is 21.9 Å². The van der Waals surface area contributed by atoms with E-state index in [0.29, 0.717) is 17.1 Å². The molecule has 6 heteroatoms. The first-order chi connectivity index (χ1) is 14.8. The van der Waals surface area contributed by atoms with Gasteiger partial charge in [0, 0.05) is 29.3 Å². The summed E-state index contributed by atoms with van der Waals surface area (Å²) in [7, 11) is 0. The number of fused-ring (bicyclic) bond motifs is 1. The van der Waals surface area contributed by atoms with E-state index in [1.165, 1.54) is 5.56 Å². The number of nitrogens with one attached hydrogen (secondary N) is 1. The Morgan fingerprint density at radius 3 is 2.58 bits per heavy atom. The molecule has 0 aliphatic heterocycles. The van der Waals surface area contributed by atoms with Gasteiger partial charge in [-0.1, -0.05) is 45.0 Å². The fraction of sp³-hybridized carbons (Fsp3) is 0.200. The average molecular weight is 415 g/mol. The highest BCUT2D eigenvalue weighted by molar-refractivity contribution is 5.92. The van der Waals surface area contributed by atoms with E-state index in [-0.39, 0.29) is 17.9 Å². The van der Waals surface area contributed by atoms with E-state index in [2.05, 4.69) is 31.1 Å². The second-order valence-corrected chi connectivity index (χ2v) is 8.52. The predicted octanol–water partition coefficient (Wildman–Crippen LogP) is 4.90. The van der Waals surface area contributed by atoms with Gasteiger partial charge in [0.15, 0.2) is 18.0 Å². The Hall–Kier alpha value is -3.80. The molecule has 4 aromatic rings. The third-order valence-electron chi connectivity index (χ3n) is 5.02. The molecule has 0 aliphatic carbocycles. The van der Waals surface area contributed by atoms with E-state index < -0.39 is 0 Å². The number of aromatic nitrogens is 2. The number of anilines is 2. The van der Waals surface area contributed by atoms with Gasteiger partial charge in [0.1, 0.15) is 0 Å². The highest BCUT2D eigenvalue weighted by Gasteiger charge is 2.14. The summed E-state index contributed by atoms with van der Waals surface area (Å²) in [6.07, 6.45) is 3.80. The Balaban J connectivity index is 1.45. The average Bonchev–Trinajstić information content (AvgIpc) is 3.17. The minimum Gasteiger partial charge on any atom is -0.480 e. The van der Waals surface area contributed by atoms with Gasteiger partial charge in [-0.2, -0.15) is 0 Å². The van der Waals surface area contributed by atoms with Crippen molar-refractivity contribution in [2.24, 2.45) is 0 Å². The molecule has 4 rings (SSSR count). The Morgan fingerprint density at radius 2 is 1.87 bits per heavy atom. The Morgan fingerprint density at radius 1 is 1.10 bits per heavy atom. The van der Waals surface area contributed by atoms with E-state index in [0.717, 1.165) is 16.9 Å². The maximum absolute atomic E-state index is 12.4. The van der Waals surface area contributed by atoms with E-state index in [1.54, 1.807) is 6.07 Å². The zero-order valence-corrected chi connectivity index (χ0v) is 17.9. The van der Waals surface area contributed by atoms with Crippen molar-refractivity contribution in [2.45, 2.75) is 26.2 Å². The van der Waals surface area contributed by atoms with Crippen molar-refractivity contribution in [1.29, 1.82) is 0 Å². The van der Waals surface area contributed by atoms with Crippen molar-refractivity contribution in [3.8, 4) is 17.0 Å². The molecule has 158 valence electrons. The molecule has 0 bridgehead atoms. The molecule has 0 saturated carbocycles. The highest BCUT2D eigenvalue weighted by Crippen LogP contribution is 2.26. The molecule has 0 fully saturated rings. The smallest absolute Gasteiger partial charge is 0.262 e. The molecule has 0 saturated heterocycles. The van der Waals surface area contributed by atoms with Crippen LogP contribution in [0.15, 0.2) is 73.1 Å². The SMILES string of the molecule is CC(C)(C)c1ccc(NC(=O)COc2cccn3cc(-c4cccc(N)c4)nc23)cc1. The third kappa shape index (κ3) is 4.69. The lowest BCUT2D eigenvalue weighted by atomic mass is 9.87. The summed E-state index contributed by atoms with van der Waals surface area (Å²) < 4.78 is 7.66. The van der Waals surface area contributed by atoms with Gasteiger partial charge in [-0.05, 0) is 47.4 Å². The molecule has 0 aliphatic rings. The van der Waals surface area contributed by atoms with Crippen LogP contribution in [0.4, 0.5) is 11.4 Å². The Bertz CT molecular complexity index is 1220. The van der Waals surface area contributed by atoms with Crippen LogP contribution < -0.4 is 15.8 Å². The van der Waals surface area contributed by atoms with Gasteiger partial charge in [0.05, 0.1) is 5.69 Å². The second-order valence-electron chi connectivity index (χ2n) is 8.52. The normalized spacial score (nSPS) is 11.5. The van der Waals surface area contributed by atoms with Crippen LogP contribution in [0, 0.1) is 0 Å². The molecule has 0 unspecified atom stereocenters. The molecule has 2 heterocycles. The molecule has 0 atom stereocenters. The molecule has 2 aromatic heterocycles. The number of rotatable bonds is 5. The summed E-state index contributed by atoms with van der Waals surface area (Å²) in [5.74, 6) is 0.309. The lowest BCUT2D eigenvalue weighted by molar-refractivity contribution is -0.118. The first kappa shape index (κ1) is 20.5. The summed E-state index contributed by atoms with van der Waals surface area (Å²) >= 11 is 0. The predicted molar refractivity (Wildman–Crippen MR) is 124 cm³/mol. The van der Waals surface area contributed by atoms with E-state index >= 15 is 0 Å². The minimum atomic E-state index is -0.229. The van der Waals surface area contributed by atoms with Crippen LogP contribution in [-0.2, 0) is 10.2 Å². The first-order valence-electron chi connectivity index (χ1n) is 10.2. The van der Waals surface area contributed by atoms with Crippen LogP contribution in [0.2, 0.25) is 0 Å². The van der Waals surface area contributed by atoms with Gasteiger partial charge in [0.25, 0.3) is 5.91 Å². The lowest BCUT2D eigenvalue weighted by Crippen LogP contribution is -2.20. The number of imidazole rings is 1. The van der Waals surface area contributed by atoms with Crippen molar-refractivity contribution in [3.05, 3.63) is 78.6 Å². The quantitative estimate of drug-likeness (QED) is 0.455. The number of ether oxygens (including phenoxy) is 1. The summed E-state index contributed by atoms with van der Waals surface area (Å²) in [5.41, 5.74) is 10.9. The number of carbonyl (C=O) groups is 1. The van der Waals surface area contributed by atoms with E-state index in [1.807, 2.05) is 71.4 Å². The molecule has 2 aromatic carbocycles. The molecule has 0 spiro atoms. The fourth-order valence-corrected chi connectivity index (χ4v) is 3.33. The molecular formula is C25H26N4O2. The van der Waals surface area contributed by atoms with Crippen LogP contribution in [0.25, 0.3) is 16.9 Å². The van der Waals surface area contributed by atoms with Crippen molar-refractivity contribution >= 4 is 22.9 Å². The topological polar surface area (TPSA) is 81.6 Å². The number of nitrogens with two attached hydrogens (primary N) is 1. The number of amides is 1. The minimum absolute atomic E-state index is 0.0683. The summed E-state index contributed by atoms with van der Waals surface area (Å²) in [6.45, 7) is 6.36. The number of hydrogen-bond donors (Lipinski definition) is 2. The van der Waals surface area contributed by atoms with Crippen LogP contribution >= 0.6 is 0 Å². The molecule has 31 heavy (non-hydrogen) atoms. The van der Waals surface area contributed by atoms with Gasteiger partial charge in [-0.3, -0.25) is 4.79 Å². The number of hydrogen-bond acceptors (Lipinski definition) is 4. The number of nitrogens with zero attached hydrogens (tertiary/aromatic N) is 2. The standard InChI is InChI=1S/C25H26N4O2/c1-25(2,3)18-9-11-20(12-10-18)27-23(30)16-31-22-8-5-13-29-15-21(28-24(22)29)17-6-4-7-19(26)14-17/h4-15H,16,26H2,1-3H3,(H,27,30). The maximum Gasteiger partial charge on any atom is 0.262 e. The zero-order chi connectivity index (χ0) is 22.0.